The minimum atomic E-state index is -0.298. The molecule has 0 radical (unpaired) electrons. The molecule has 1 N–H and O–H groups in total. The van der Waals surface area contributed by atoms with Crippen LogP contribution in [-0.2, 0) is 0 Å². The summed E-state index contributed by atoms with van der Waals surface area (Å²) in [5.41, 5.74) is 3.62. The van der Waals surface area contributed by atoms with Gasteiger partial charge in [0.15, 0.2) is 5.58 Å². The van der Waals surface area contributed by atoms with E-state index in [1.165, 1.54) is 6.07 Å². The topological polar surface area (TPSA) is 58.4 Å². The molecular formula is C23H26FN3O2. The Hall–Kier alpha value is -2.89. The van der Waals surface area contributed by atoms with Crippen LogP contribution in [0.25, 0.3) is 22.2 Å². The molecule has 2 heterocycles. The highest BCUT2D eigenvalue weighted by molar-refractivity contribution is 5.81. The second kappa shape index (κ2) is 7.17. The summed E-state index contributed by atoms with van der Waals surface area (Å²) in [4.78, 5) is 19.2. The zero-order chi connectivity index (χ0) is 20.8. The van der Waals surface area contributed by atoms with Gasteiger partial charge >= 0.3 is 6.03 Å². The van der Waals surface area contributed by atoms with Crippen LogP contribution < -0.4 is 5.32 Å². The van der Waals surface area contributed by atoms with Gasteiger partial charge in [-0.15, -0.1) is 0 Å². The summed E-state index contributed by atoms with van der Waals surface area (Å²) in [6, 6.07) is 10.6. The van der Waals surface area contributed by atoms with Crippen molar-refractivity contribution in [2.24, 2.45) is 0 Å². The van der Waals surface area contributed by atoms with E-state index in [1.54, 1.807) is 17.9 Å². The Labute approximate surface area is 169 Å². The molecule has 1 unspecified atom stereocenters. The summed E-state index contributed by atoms with van der Waals surface area (Å²) in [7, 11) is 0. The SMILES string of the molecule is Cc1cc(-c2ccc3oc(C4CCCN4C(=O)NC(C)(C)C)nc3c2)ccc1F. The lowest BCUT2D eigenvalue weighted by Crippen LogP contribution is -2.48. The molecular weight excluding hydrogens is 369 g/mol. The largest absolute Gasteiger partial charge is 0.438 e. The fraction of sp³-hybridized carbons (Fsp3) is 0.391. The standard InChI is InChI=1S/C23H26FN3O2/c1-14-12-15(7-9-17(14)24)16-8-10-20-18(13-16)25-21(29-20)19-6-5-11-27(19)22(28)26-23(2,3)4/h7-10,12-13,19H,5-6,11H2,1-4H3,(H,26,28). The zero-order valence-corrected chi connectivity index (χ0v) is 17.3. The van der Waals surface area contributed by atoms with Gasteiger partial charge in [0.1, 0.15) is 17.4 Å². The maximum absolute atomic E-state index is 13.6. The molecule has 1 aromatic heterocycles. The summed E-state index contributed by atoms with van der Waals surface area (Å²) in [5.74, 6) is 0.349. The Morgan fingerprint density at radius 2 is 1.93 bits per heavy atom. The summed E-state index contributed by atoms with van der Waals surface area (Å²) in [6.45, 7) is 8.34. The summed E-state index contributed by atoms with van der Waals surface area (Å²) < 4.78 is 19.6. The number of carbonyl (C=O) groups is 1. The van der Waals surface area contributed by atoms with Gasteiger partial charge in [0.25, 0.3) is 0 Å². The number of aromatic nitrogens is 1. The molecule has 0 bridgehead atoms. The molecule has 1 atom stereocenters. The van der Waals surface area contributed by atoms with Gasteiger partial charge in [-0.2, -0.15) is 0 Å². The van der Waals surface area contributed by atoms with Crippen molar-refractivity contribution < 1.29 is 13.6 Å². The Balaban J connectivity index is 1.63. The molecule has 4 rings (SSSR count). The zero-order valence-electron chi connectivity index (χ0n) is 17.3. The number of urea groups is 1. The fourth-order valence-electron chi connectivity index (χ4n) is 3.75. The van der Waals surface area contributed by atoms with Crippen LogP contribution in [0.1, 0.15) is 51.1 Å². The lowest BCUT2D eigenvalue weighted by atomic mass is 10.0. The van der Waals surface area contributed by atoms with Gasteiger partial charge in [0, 0.05) is 12.1 Å². The van der Waals surface area contributed by atoms with Gasteiger partial charge in [-0.05, 0) is 81.5 Å². The van der Waals surface area contributed by atoms with Crippen molar-refractivity contribution >= 4 is 17.1 Å². The highest BCUT2D eigenvalue weighted by atomic mass is 19.1. The van der Waals surface area contributed by atoms with Crippen LogP contribution in [0.2, 0.25) is 0 Å². The number of halogens is 1. The number of likely N-dealkylation sites (tertiary alicyclic amines) is 1. The normalized spacial score (nSPS) is 17.1. The van der Waals surface area contributed by atoms with Gasteiger partial charge in [-0.1, -0.05) is 12.1 Å². The van der Waals surface area contributed by atoms with E-state index in [1.807, 2.05) is 45.0 Å². The van der Waals surface area contributed by atoms with E-state index in [0.717, 1.165) is 29.5 Å². The third-order valence-corrected chi connectivity index (χ3v) is 5.18. The number of hydrogen-bond donors (Lipinski definition) is 1. The molecule has 1 aliphatic rings. The van der Waals surface area contributed by atoms with E-state index in [2.05, 4.69) is 10.3 Å². The van der Waals surface area contributed by atoms with E-state index in [4.69, 9.17) is 4.42 Å². The summed E-state index contributed by atoms with van der Waals surface area (Å²) >= 11 is 0. The van der Waals surface area contributed by atoms with Crippen LogP contribution in [0, 0.1) is 12.7 Å². The number of aryl methyl sites for hydroxylation is 1. The van der Waals surface area contributed by atoms with E-state index in [9.17, 15) is 9.18 Å². The van der Waals surface area contributed by atoms with Crippen LogP contribution in [0.4, 0.5) is 9.18 Å². The van der Waals surface area contributed by atoms with Crippen LogP contribution in [0.15, 0.2) is 40.8 Å². The number of nitrogens with one attached hydrogen (secondary N) is 1. The Kier molecular flexibility index (Phi) is 4.81. The predicted molar refractivity (Wildman–Crippen MR) is 111 cm³/mol. The number of oxazole rings is 1. The first kappa shape index (κ1) is 19.4. The number of amides is 2. The average Bonchev–Trinajstić information content (AvgIpc) is 3.28. The summed E-state index contributed by atoms with van der Waals surface area (Å²) in [6.07, 6.45) is 1.75. The van der Waals surface area contributed by atoms with Crippen molar-refractivity contribution in [2.45, 2.75) is 52.1 Å². The molecule has 0 spiro atoms. The maximum Gasteiger partial charge on any atom is 0.318 e. The van der Waals surface area contributed by atoms with Gasteiger partial charge < -0.3 is 14.6 Å². The van der Waals surface area contributed by atoms with Crippen molar-refractivity contribution in [1.29, 1.82) is 0 Å². The lowest BCUT2D eigenvalue weighted by molar-refractivity contribution is 0.176. The number of benzene rings is 2. The molecule has 0 aliphatic carbocycles. The second-order valence-corrected chi connectivity index (χ2v) is 8.73. The van der Waals surface area contributed by atoms with Crippen molar-refractivity contribution in [1.82, 2.24) is 15.2 Å². The molecule has 152 valence electrons. The highest BCUT2D eigenvalue weighted by Crippen LogP contribution is 2.34. The summed E-state index contributed by atoms with van der Waals surface area (Å²) in [5, 5.41) is 3.02. The van der Waals surface area contributed by atoms with Gasteiger partial charge in [-0.25, -0.2) is 14.2 Å². The molecule has 6 heteroatoms. The average molecular weight is 395 g/mol. The third kappa shape index (κ3) is 3.97. The lowest BCUT2D eigenvalue weighted by Gasteiger charge is -2.28. The van der Waals surface area contributed by atoms with E-state index in [-0.39, 0.29) is 23.4 Å². The molecule has 2 amide bonds. The van der Waals surface area contributed by atoms with E-state index in [0.29, 0.717) is 23.6 Å². The van der Waals surface area contributed by atoms with Crippen LogP contribution in [-0.4, -0.2) is 28.0 Å². The van der Waals surface area contributed by atoms with E-state index >= 15 is 0 Å². The first-order valence-corrected chi connectivity index (χ1v) is 9.97. The number of hydrogen-bond acceptors (Lipinski definition) is 3. The molecule has 1 saturated heterocycles. The quantitative estimate of drug-likeness (QED) is 0.615. The minimum Gasteiger partial charge on any atom is -0.438 e. The van der Waals surface area contributed by atoms with Crippen molar-refractivity contribution in [3.05, 3.63) is 53.7 Å². The number of fused-ring (bicyclic) bond motifs is 1. The first-order chi connectivity index (χ1) is 13.7. The fourth-order valence-corrected chi connectivity index (χ4v) is 3.75. The Bertz CT molecular complexity index is 1070. The maximum atomic E-state index is 13.6. The van der Waals surface area contributed by atoms with Crippen LogP contribution in [0.3, 0.4) is 0 Å². The molecule has 1 aliphatic heterocycles. The van der Waals surface area contributed by atoms with E-state index < -0.39 is 0 Å². The minimum absolute atomic E-state index is 0.0928. The van der Waals surface area contributed by atoms with Crippen LogP contribution in [0.5, 0.6) is 0 Å². The number of nitrogens with zero attached hydrogens (tertiary/aromatic N) is 2. The first-order valence-electron chi connectivity index (χ1n) is 9.97. The molecule has 0 saturated carbocycles. The molecule has 3 aromatic rings. The Morgan fingerprint density at radius 1 is 1.21 bits per heavy atom. The second-order valence-electron chi connectivity index (χ2n) is 8.73. The van der Waals surface area contributed by atoms with Gasteiger partial charge in [-0.3, -0.25) is 0 Å². The smallest absolute Gasteiger partial charge is 0.318 e. The number of carbonyl (C=O) groups excluding carboxylic acids is 1. The molecule has 2 aromatic carbocycles. The predicted octanol–water partition coefficient (Wildman–Crippen LogP) is 5.59. The monoisotopic (exact) mass is 395 g/mol. The molecule has 1 fully saturated rings. The van der Waals surface area contributed by atoms with Crippen molar-refractivity contribution in [2.75, 3.05) is 6.54 Å². The van der Waals surface area contributed by atoms with Crippen molar-refractivity contribution in [3.63, 3.8) is 0 Å². The highest BCUT2D eigenvalue weighted by Gasteiger charge is 2.34. The third-order valence-electron chi connectivity index (χ3n) is 5.18. The molecule has 29 heavy (non-hydrogen) atoms. The molecule has 5 nitrogen and oxygen atoms in total. The van der Waals surface area contributed by atoms with Gasteiger partial charge in [0.05, 0.1) is 0 Å². The van der Waals surface area contributed by atoms with Crippen LogP contribution >= 0.6 is 0 Å². The number of rotatable bonds is 2. The van der Waals surface area contributed by atoms with Crippen molar-refractivity contribution in [3.8, 4) is 11.1 Å². The Morgan fingerprint density at radius 3 is 2.66 bits per heavy atom. The van der Waals surface area contributed by atoms with Gasteiger partial charge in [0.2, 0.25) is 5.89 Å².